The van der Waals surface area contributed by atoms with E-state index in [4.69, 9.17) is 4.74 Å². The summed E-state index contributed by atoms with van der Waals surface area (Å²) < 4.78 is 33.6. The number of hydrogen-bond acceptors (Lipinski definition) is 6. The maximum Gasteiger partial charge on any atom is 0.279 e. The van der Waals surface area contributed by atoms with E-state index in [1.165, 1.54) is 6.07 Å². The molecule has 182 valence electrons. The second-order valence-corrected chi connectivity index (χ2v) is 10.3. The number of benzene rings is 2. The van der Waals surface area contributed by atoms with E-state index in [0.717, 1.165) is 18.2 Å². The smallest absolute Gasteiger partial charge is 0.279 e. The summed E-state index contributed by atoms with van der Waals surface area (Å²) in [5.41, 5.74) is 1.38. The molecule has 0 bridgehead atoms. The molecule has 3 aromatic rings. The van der Waals surface area contributed by atoms with Gasteiger partial charge in [-0.2, -0.15) is 8.42 Å². The molecule has 0 saturated carbocycles. The molecule has 5 rings (SSSR count). The van der Waals surface area contributed by atoms with E-state index in [-0.39, 0.29) is 22.9 Å². The molecule has 2 saturated heterocycles. The van der Waals surface area contributed by atoms with Crippen LogP contribution in [0.4, 0.5) is 5.69 Å². The zero-order valence-electron chi connectivity index (χ0n) is 19.1. The van der Waals surface area contributed by atoms with Gasteiger partial charge in [-0.05, 0) is 55.3 Å². The van der Waals surface area contributed by atoms with Gasteiger partial charge in [0.1, 0.15) is 6.10 Å². The highest BCUT2D eigenvalue weighted by atomic mass is 32.2. The van der Waals surface area contributed by atoms with Crippen LogP contribution in [0.2, 0.25) is 0 Å². The summed E-state index contributed by atoms with van der Waals surface area (Å²) in [5.74, 6) is -0.146. The molecule has 1 N–H and O–H groups in total. The SMILES string of the molecule is O=C(c1ccc(NS(=O)(=O)c2ccc3ccccc3n2)cc1)N1CCN(C(=O)C2CCCO2)CC1. The fraction of sp³-hybridized carbons (Fsp3) is 0.320. The summed E-state index contributed by atoms with van der Waals surface area (Å²) in [6.45, 7) is 2.46. The first kappa shape index (κ1) is 23.3. The summed E-state index contributed by atoms with van der Waals surface area (Å²) in [4.78, 5) is 33.1. The number of sulfonamides is 1. The number of piperazine rings is 1. The second kappa shape index (κ2) is 9.63. The number of ether oxygens (including phenoxy) is 1. The molecule has 9 nitrogen and oxygen atoms in total. The van der Waals surface area contributed by atoms with Crippen LogP contribution >= 0.6 is 0 Å². The van der Waals surface area contributed by atoms with Crippen LogP contribution in [0.5, 0.6) is 0 Å². The van der Waals surface area contributed by atoms with Crippen molar-refractivity contribution in [1.29, 1.82) is 0 Å². The Labute approximate surface area is 203 Å². The Morgan fingerprint density at radius 3 is 2.34 bits per heavy atom. The van der Waals surface area contributed by atoms with Crippen molar-refractivity contribution in [2.24, 2.45) is 0 Å². The van der Waals surface area contributed by atoms with Crippen LogP contribution in [0.25, 0.3) is 10.9 Å². The minimum absolute atomic E-state index is 0.00661. The van der Waals surface area contributed by atoms with Gasteiger partial charge in [0, 0.05) is 49.4 Å². The number of hydrogen-bond donors (Lipinski definition) is 1. The average Bonchev–Trinajstić information content (AvgIpc) is 3.43. The Morgan fingerprint density at radius 2 is 1.63 bits per heavy atom. The normalized spacial score (nSPS) is 18.6. The van der Waals surface area contributed by atoms with Crippen LogP contribution in [-0.4, -0.2) is 73.9 Å². The number of nitrogens with zero attached hydrogens (tertiary/aromatic N) is 3. The molecule has 2 aromatic carbocycles. The molecule has 3 heterocycles. The van der Waals surface area contributed by atoms with Gasteiger partial charge in [-0.15, -0.1) is 0 Å². The molecule has 0 aliphatic carbocycles. The standard InChI is InChI=1S/C25H26N4O5S/c30-24(28-13-15-29(16-14-28)25(31)22-6-3-17-34-22)19-7-10-20(11-8-19)27-35(32,33)23-12-9-18-4-1-2-5-21(18)26-23/h1-2,4-5,7-12,22,27H,3,6,13-17H2. The van der Waals surface area contributed by atoms with Crippen molar-refractivity contribution in [3.8, 4) is 0 Å². The van der Waals surface area contributed by atoms with E-state index in [9.17, 15) is 18.0 Å². The molecule has 1 unspecified atom stereocenters. The van der Waals surface area contributed by atoms with Gasteiger partial charge in [0.25, 0.3) is 21.8 Å². The lowest BCUT2D eigenvalue weighted by atomic mass is 10.1. The molecule has 2 aliphatic heterocycles. The Kier molecular flexibility index (Phi) is 6.40. The van der Waals surface area contributed by atoms with Crippen LogP contribution in [0.15, 0.2) is 65.7 Å². The highest BCUT2D eigenvalue weighted by molar-refractivity contribution is 7.92. The number of rotatable bonds is 5. The Morgan fingerprint density at radius 1 is 0.914 bits per heavy atom. The van der Waals surface area contributed by atoms with E-state index < -0.39 is 10.0 Å². The highest BCUT2D eigenvalue weighted by Gasteiger charge is 2.31. The van der Waals surface area contributed by atoms with E-state index in [1.54, 1.807) is 52.3 Å². The van der Waals surface area contributed by atoms with Gasteiger partial charge in [0.05, 0.1) is 5.52 Å². The maximum atomic E-state index is 12.9. The van der Waals surface area contributed by atoms with Crippen molar-refractivity contribution in [1.82, 2.24) is 14.8 Å². The first-order chi connectivity index (χ1) is 16.9. The molecule has 10 heteroatoms. The average molecular weight is 495 g/mol. The molecule has 0 radical (unpaired) electrons. The van der Waals surface area contributed by atoms with Gasteiger partial charge < -0.3 is 14.5 Å². The van der Waals surface area contributed by atoms with Gasteiger partial charge in [0.2, 0.25) is 0 Å². The third-order valence-electron chi connectivity index (χ3n) is 6.32. The number of anilines is 1. The minimum Gasteiger partial charge on any atom is -0.368 e. The van der Waals surface area contributed by atoms with Crippen molar-refractivity contribution >= 4 is 38.4 Å². The first-order valence-electron chi connectivity index (χ1n) is 11.6. The fourth-order valence-electron chi connectivity index (χ4n) is 4.37. The number of carbonyl (C=O) groups is 2. The van der Waals surface area contributed by atoms with Crippen molar-refractivity contribution < 1.29 is 22.7 Å². The predicted octanol–water partition coefficient (Wildman–Crippen LogP) is 2.50. The molecule has 35 heavy (non-hydrogen) atoms. The number of amides is 2. The lowest BCUT2D eigenvalue weighted by Crippen LogP contribution is -2.52. The second-order valence-electron chi connectivity index (χ2n) is 8.64. The topological polar surface area (TPSA) is 109 Å². The van der Waals surface area contributed by atoms with E-state index in [2.05, 4.69) is 9.71 Å². The molecule has 0 spiro atoms. The molecule has 2 aliphatic rings. The van der Waals surface area contributed by atoms with Crippen molar-refractivity contribution in [2.45, 2.75) is 24.0 Å². The van der Waals surface area contributed by atoms with Crippen LogP contribution in [0, 0.1) is 0 Å². The quantitative estimate of drug-likeness (QED) is 0.584. The van der Waals surface area contributed by atoms with Crippen LogP contribution in [-0.2, 0) is 19.6 Å². The Hall–Kier alpha value is -3.50. The minimum atomic E-state index is -3.88. The molecule has 1 aromatic heterocycles. The van der Waals surface area contributed by atoms with Crippen LogP contribution in [0.3, 0.4) is 0 Å². The van der Waals surface area contributed by atoms with E-state index in [0.29, 0.717) is 49.6 Å². The number of para-hydroxylation sites is 1. The summed E-state index contributed by atoms with van der Waals surface area (Å²) >= 11 is 0. The number of fused-ring (bicyclic) bond motifs is 1. The largest absolute Gasteiger partial charge is 0.368 e. The zero-order chi connectivity index (χ0) is 24.4. The number of aromatic nitrogens is 1. The Balaban J connectivity index is 1.20. The highest BCUT2D eigenvalue weighted by Crippen LogP contribution is 2.20. The van der Waals surface area contributed by atoms with Crippen LogP contribution in [0.1, 0.15) is 23.2 Å². The van der Waals surface area contributed by atoms with Gasteiger partial charge in [-0.1, -0.05) is 18.2 Å². The third-order valence-corrected chi connectivity index (χ3v) is 7.60. The molecule has 1 atom stereocenters. The summed E-state index contributed by atoms with van der Waals surface area (Å²) in [6.07, 6.45) is 1.31. The molecular weight excluding hydrogens is 468 g/mol. The molecular formula is C25H26N4O5S. The zero-order valence-corrected chi connectivity index (χ0v) is 19.9. The van der Waals surface area contributed by atoms with Gasteiger partial charge >= 0.3 is 0 Å². The summed E-state index contributed by atoms with van der Waals surface area (Å²) in [7, 11) is -3.88. The van der Waals surface area contributed by atoms with Gasteiger partial charge in [0.15, 0.2) is 5.03 Å². The van der Waals surface area contributed by atoms with Crippen molar-refractivity contribution in [3.63, 3.8) is 0 Å². The fourth-order valence-corrected chi connectivity index (χ4v) is 5.39. The molecule has 2 fully saturated rings. The van der Waals surface area contributed by atoms with Crippen molar-refractivity contribution in [3.05, 3.63) is 66.2 Å². The van der Waals surface area contributed by atoms with Crippen molar-refractivity contribution in [2.75, 3.05) is 37.5 Å². The summed E-state index contributed by atoms with van der Waals surface area (Å²) in [6, 6.07) is 16.8. The predicted molar refractivity (Wildman–Crippen MR) is 130 cm³/mol. The van der Waals surface area contributed by atoms with E-state index >= 15 is 0 Å². The van der Waals surface area contributed by atoms with Gasteiger partial charge in [-0.3, -0.25) is 14.3 Å². The third kappa shape index (κ3) is 4.98. The lowest BCUT2D eigenvalue weighted by molar-refractivity contribution is -0.142. The number of nitrogens with one attached hydrogen (secondary N) is 1. The summed E-state index contributed by atoms with van der Waals surface area (Å²) in [5, 5.41) is 0.776. The Bertz CT molecular complexity index is 1350. The lowest BCUT2D eigenvalue weighted by Gasteiger charge is -2.35. The maximum absolute atomic E-state index is 12.9. The first-order valence-corrected chi connectivity index (χ1v) is 13.1. The van der Waals surface area contributed by atoms with E-state index in [1.807, 2.05) is 12.1 Å². The monoisotopic (exact) mass is 494 g/mol. The molecule has 2 amide bonds. The van der Waals surface area contributed by atoms with Crippen LogP contribution < -0.4 is 4.72 Å². The number of carbonyl (C=O) groups excluding carboxylic acids is 2. The number of pyridine rings is 1. The van der Waals surface area contributed by atoms with Gasteiger partial charge in [-0.25, -0.2) is 4.98 Å².